The van der Waals surface area contributed by atoms with Gasteiger partial charge in [-0.3, -0.25) is 4.98 Å². The molecule has 1 N–H and O–H groups in total. The van der Waals surface area contributed by atoms with Crippen LogP contribution in [-0.4, -0.2) is 12.1 Å². The normalized spacial score (nSPS) is 10.3. The highest BCUT2D eigenvalue weighted by molar-refractivity contribution is 9.10. The maximum atomic E-state index is 5.12. The number of nitrogens with zero attached hydrogens (tertiary/aromatic N) is 1. The van der Waals surface area contributed by atoms with Gasteiger partial charge in [-0.15, -0.1) is 0 Å². The van der Waals surface area contributed by atoms with E-state index in [9.17, 15) is 0 Å². The first-order chi connectivity index (χ1) is 8.78. The van der Waals surface area contributed by atoms with Crippen molar-refractivity contribution < 1.29 is 4.74 Å². The van der Waals surface area contributed by atoms with Crippen LogP contribution in [-0.2, 0) is 13.1 Å². The average molecular weight is 307 g/mol. The predicted octanol–water partition coefficient (Wildman–Crippen LogP) is 3.14. The van der Waals surface area contributed by atoms with E-state index >= 15 is 0 Å². The molecule has 1 heterocycles. The Labute approximate surface area is 115 Å². The Morgan fingerprint density at radius 2 is 1.83 bits per heavy atom. The van der Waals surface area contributed by atoms with Gasteiger partial charge < -0.3 is 10.1 Å². The molecule has 0 unspecified atom stereocenters. The van der Waals surface area contributed by atoms with E-state index in [0.717, 1.165) is 28.9 Å². The largest absolute Gasteiger partial charge is 0.497 e. The van der Waals surface area contributed by atoms with Crippen LogP contribution in [0.2, 0.25) is 0 Å². The summed E-state index contributed by atoms with van der Waals surface area (Å²) in [5.74, 6) is 0.884. The SMILES string of the molecule is COc1ccc(CNCc2cncc(Br)c2)cc1. The molecule has 0 amide bonds. The zero-order valence-electron chi connectivity index (χ0n) is 10.2. The molecule has 2 aromatic rings. The minimum Gasteiger partial charge on any atom is -0.497 e. The quantitative estimate of drug-likeness (QED) is 0.921. The van der Waals surface area contributed by atoms with Crippen LogP contribution >= 0.6 is 15.9 Å². The van der Waals surface area contributed by atoms with Crippen LogP contribution in [0, 0.1) is 0 Å². The third-order valence-electron chi connectivity index (χ3n) is 2.58. The first kappa shape index (κ1) is 13.1. The van der Waals surface area contributed by atoms with Gasteiger partial charge in [0.25, 0.3) is 0 Å². The fourth-order valence-electron chi connectivity index (χ4n) is 1.65. The summed E-state index contributed by atoms with van der Waals surface area (Å²) < 4.78 is 6.13. The molecule has 0 radical (unpaired) electrons. The Bertz CT molecular complexity index is 499. The van der Waals surface area contributed by atoms with Crippen LogP contribution in [0.5, 0.6) is 5.75 Å². The smallest absolute Gasteiger partial charge is 0.118 e. The topological polar surface area (TPSA) is 34.1 Å². The second-order valence-corrected chi connectivity index (χ2v) is 4.88. The maximum Gasteiger partial charge on any atom is 0.118 e. The Balaban J connectivity index is 1.84. The molecule has 0 atom stereocenters. The van der Waals surface area contributed by atoms with Crippen molar-refractivity contribution in [1.29, 1.82) is 0 Å². The molecule has 0 aliphatic rings. The van der Waals surface area contributed by atoms with Gasteiger partial charge in [0.15, 0.2) is 0 Å². The zero-order valence-corrected chi connectivity index (χ0v) is 11.8. The summed E-state index contributed by atoms with van der Waals surface area (Å²) in [6.07, 6.45) is 3.65. The fourth-order valence-corrected chi connectivity index (χ4v) is 2.06. The summed E-state index contributed by atoms with van der Waals surface area (Å²) in [4.78, 5) is 4.13. The van der Waals surface area contributed by atoms with Crippen molar-refractivity contribution in [3.05, 3.63) is 58.3 Å². The molecule has 0 aliphatic carbocycles. The number of halogens is 1. The molecular formula is C14H15BrN2O. The Morgan fingerprint density at radius 1 is 1.11 bits per heavy atom. The van der Waals surface area contributed by atoms with Gasteiger partial charge in [0, 0.05) is 30.0 Å². The summed E-state index contributed by atoms with van der Waals surface area (Å²) in [7, 11) is 1.67. The summed E-state index contributed by atoms with van der Waals surface area (Å²) in [5.41, 5.74) is 2.40. The molecule has 3 nitrogen and oxygen atoms in total. The minimum atomic E-state index is 0.804. The maximum absolute atomic E-state index is 5.12. The number of pyridine rings is 1. The summed E-state index contributed by atoms with van der Waals surface area (Å²) >= 11 is 3.41. The third-order valence-corrected chi connectivity index (χ3v) is 3.01. The monoisotopic (exact) mass is 306 g/mol. The van der Waals surface area contributed by atoms with Gasteiger partial charge in [0.05, 0.1) is 7.11 Å². The second-order valence-electron chi connectivity index (χ2n) is 3.96. The lowest BCUT2D eigenvalue weighted by Gasteiger charge is -2.06. The highest BCUT2D eigenvalue weighted by Gasteiger charge is 1.97. The van der Waals surface area contributed by atoms with Gasteiger partial charge in [-0.25, -0.2) is 0 Å². The number of aromatic nitrogens is 1. The van der Waals surface area contributed by atoms with Crippen molar-refractivity contribution in [2.45, 2.75) is 13.1 Å². The zero-order chi connectivity index (χ0) is 12.8. The third kappa shape index (κ3) is 3.82. The molecule has 4 heteroatoms. The van der Waals surface area contributed by atoms with E-state index in [0.29, 0.717) is 0 Å². The van der Waals surface area contributed by atoms with Crippen molar-refractivity contribution in [1.82, 2.24) is 10.3 Å². The van der Waals surface area contributed by atoms with E-state index < -0.39 is 0 Å². The number of hydrogen-bond donors (Lipinski definition) is 1. The average Bonchev–Trinajstić information content (AvgIpc) is 2.40. The Morgan fingerprint density at radius 3 is 2.50 bits per heavy atom. The van der Waals surface area contributed by atoms with E-state index in [-0.39, 0.29) is 0 Å². The molecule has 18 heavy (non-hydrogen) atoms. The van der Waals surface area contributed by atoms with E-state index in [4.69, 9.17) is 4.74 Å². The van der Waals surface area contributed by atoms with E-state index in [1.54, 1.807) is 13.3 Å². The summed E-state index contributed by atoms with van der Waals surface area (Å²) in [6, 6.07) is 10.1. The van der Waals surface area contributed by atoms with Crippen molar-refractivity contribution >= 4 is 15.9 Å². The molecule has 0 saturated carbocycles. The van der Waals surface area contributed by atoms with Gasteiger partial charge in [0.2, 0.25) is 0 Å². The molecule has 0 fully saturated rings. The molecule has 1 aromatic heterocycles. The molecule has 0 aliphatic heterocycles. The number of nitrogens with one attached hydrogen (secondary N) is 1. The van der Waals surface area contributed by atoms with Gasteiger partial charge in [-0.2, -0.15) is 0 Å². The van der Waals surface area contributed by atoms with Crippen LogP contribution < -0.4 is 10.1 Å². The summed E-state index contributed by atoms with van der Waals surface area (Å²) in [5, 5.41) is 3.38. The molecule has 0 saturated heterocycles. The molecular weight excluding hydrogens is 292 g/mol. The van der Waals surface area contributed by atoms with Crippen LogP contribution in [0.4, 0.5) is 0 Å². The lowest BCUT2D eigenvalue weighted by molar-refractivity contribution is 0.414. The van der Waals surface area contributed by atoms with Crippen LogP contribution in [0.1, 0.15) is 11.1 Å². The molecule has 0 bridgehead atoms. The van der Waals surface area contributed by atoms with Crippen molar-refractivity contribution in [3.8, 4) is 5.75 Å². The fraction of sp³-hybridized carbons (Fsp3) is 0.214. The number of benzene rings is 1. The van der Waals surface area contributed by atoms with Gasteiger partial charge in [-0.05, 0) is 45.3 Å². The van der Waals surface area contributed by atoms with Crippen molar-refractivity contribution in [2.24, 2.45) is 0 Å². The van der Waals surface area contributed by atoms with Gasteiger partial charge in [0.1, 0.15) is 5.75 Å². The standard InChI is InChI=1S/C14H15BrN2O/c1-18-14-4-2-11(3-5-14)7-16-8-12-6-13(15)10-17-9-12/h2-6,9-10,16H,7-8H2,1H3. The second kappa shape index (κ2) is 6.52. The first-order valence-corrected chi connectivity index (χ1v) is 6.50. The van der Waals surface area contributed by atoms with E-state index in [1.165, 1.54) is 5.56 Å². The van der Waals surface area contributed by atoms with Crippen molar-refractivity contribution in [3.63, 3.8) is 0 Å². The highest BCUT2D eigenvalue weighted by atomic mass is 79.9. The van der Waals surface area contributed by atoms with E-state index in [1.807, 2.05) is 18.3 Å². The lowest BCUT2D eigenvalue weighted by atomic mass is 10.2. The number of methoxy groups -OCH3 is 1. The minimum absolute atomic E-state index is 0.804. The van der Waals surface area contributed by atoms with Crippen LogP contribution in [0.3, 0.4) is 0 Å². The summed E-state index contributed by atoms with van der Waals surface area (Å²) in [6.45, 7) is 1.63. The van der Waals surface area contributed by atoms with Crippen molar-refractivity contribution in [2.75, 3.05) is 7.11 Å². The Kier molecular flexibility index (Phi) is 4.73. The van der Waals surface area contributed by atoms with Gasteiger partial charge >= 0.3 is 0 Å². The number of hydrogen-bond acceptors (Lipinski definition) is 3. The van der Waals surface area contributed by atoms with Crippen LogP contribution in [0.15, 0.2) is 47.2 Å². The molecule has 94 valence electrons. The predicted molar refractivity (Wildman–Crippen MR) is 75.5 cm³/mol. The highest BCUT2D eigenvalue weighted by Crippen LogP contribution is 2.12. The molecule has 0 spiro atoms. The number of ether oxygens (including phenoxy) is 1. The first-order valence-electron chi connectivity index (χ1n) is 5.71. The molecule has 1 aromatic carbocycles. The lowest BCUT2D eigenvalue weighted by Crippen LogP contribution is -2.12. The van der Waals surface area contributed by atoms with E-state index in [2.05, 4.69) is 44.4 Å². The van der Waals surface area contributed by atoms with Crippen LogP contribution in [0.25, 0.3) is 0 Å². The Hall–Kier alpha value is -1.39. The van der Waals surface area contributed by atoms with Gasteiger partial charge in [-0.1, -0.05) is 12.1 Å². The molecule has 2 rings (SSSR count). The number of rotatable bonds is 5.